The molecule has 1 atom stereocenters. The van der Waals surface area contributed by atoms with E-state index in [0.717, 1.165) is 72.9 Å². The predicted octanol–water partition coefficient (Wildman–Crippen LogP) is 10.5. The maximum atomic E-state index is 7.71. The number of methoxy groups -OCH3 is 2. The molecule has 2 aliphatic heterocycles. The molecule has 266 valence electrons. The van der Waals surface area contributed by atoms with Crippen molar-refractivity contribution in [2.45, 2.75) is 58.0 Å². The average molecular weight is 692 g/mol. The summed E-state index contributed by atoms with van der Waals surface area (Å²) in [6.07, 6.45) is 8.06. The molecule has 4 aliphatic rings. The highest BCUT2D eigenvalue weighted by Crippen LogP contribution is 2.67. The van der Waals surface area contributed by atoms with Crippen LogP contribution in [-0.2, 0) is 15.8 Å². The highest BCUT2D eigenvalue weighted by molar-refractivity contribution is 6.09. The van der Waals surface area contributed by atoms with Crippen LogP contribution in [0.25, 0.3) is 28.0 Å². The molecule has 52 heavy (non-hydrogen) atoms. The van der Waals surface area contributed by atoms with E-state index in [1.807, 2.05) is 12.1 Å². The van der Waals surface area contributed by atoms with Gasteiger partial charge in [-0.05, 0) is 106 Å². The number of nitrogens with zero attached hydrogens (tertiary/aromatic N) is 1. The lowest BCUT2D eigenvalue weighted by Gasteiger charge is -2.52. The van der Waals surface area contributed by atoms with Crippen molar-refractivity contribution in [1.29, 1.82) is 0 Å². The summed E-state index contributed by atoms with van der Waals surface area (Å²) in [7, 11) is 3.46. The molecule has 5 heteroatoms. The molecule has 0 radical (unpaired) electrons. The first kappa shape index (κ1) is 33.1. The van der Waals surface area contributed by atoms with Crippen LogP contribution in [0.1, 0.15) is 74.8 Å². The lowest BCUT2D eigenvalue weighted by molar-refractivity contribution is 0.0642. The van der Waals surface area contributed by atoms with Crippen LogP contribution in [0, 0.1) is 10.8 Å². The Morgan fingerprint density at radius 3 is 1.98 bits per heavy atom. The van der Waals surface area contributed by atoms with Crippen LogP contribution in [-0.4, -0.2) is 40.5 Å². The van der Waals surface area contributed by atoms with E-state index in [2.05, 4.69) is 124 Å². The molecule has 2 aliphatic carbocycles. The van der Waals surface area contributed by atoms with E-state index in [9.17, 15) is 0 Å². The summed E-state index contributed by atoms with van der Waals surface area (Å²) in [6, 6.07) is 33.0. The SMILES string of the molecule is COc1ccc(C2(c3ccc(N4CCOCC4)cc3)C=Cc3c4c(c5ccc(OC)cc5c3O2)-c2ccccc2C42CC(C)(C)CC(C)(C)C2)cc1. The molecule has 9 rings (SSSR count). The zero-order valence-corrected chi connectivity index (χ0v) is 31.3. The zero-order chi connectivity index (χ0) is 35.9. The number of hydrogen-bond donors (Lipinski definition) is 0. The quantitative estimate of drug-likeness (QED) is 0.183. The summed E-state index contributed by atoms with van der Waals surface area (Å²) >= 11 is 0. The molecule has 1 saturated carbocycles. The van der Waals surface area contributed by atoms with Gasteiger partial charge in [0.15, 0.2) is 5.60 Å². The highest BCUT2D eigenvalue weighted by Gasteiger charge is 2.55. The van der Waals surface area contributed by atoms with Crippen LogP contribution in [0.3, 0.4) is 0 Å². The van der Waals surface area contributed by atoms with Crippen molar-refractivity contribution in [3.05, 3.63) is 125 Å². The van der Waals surface area contributed by atoms with Crippen molar-refractivity contribution < 1.29 is 18.9 Å². The molecule has 1 unspecified atom stereocenters. The van der Waals surface area contributed by atoms with Gasteiger partial charge in [0.1, 0.15) is 17.2 Å². The fraction of sp³-hybridized carbons (Fsp3) is 0.362. The van der Waals surface area contributed by atoms with Crippen LogP contribution in [0.2, 0.25) is 0 Å². The van der Waals surface area contributed by atoms with Crippen LogP contribution >= 0.6 is 0 Å². The van der Waals surface area contributed by atoms with E-state index in [0.29, 0.717) is 0 Å². The van der Waals surface area contributed by atoms with Crippen molar-refractivity contribution in [1.82, 2.24) is 0 Å². The number of ether oxygens (including phenoxy) is 4. The molecule has 5 aromatic rings. The smallest absolute Gasteiger partial charge is 0.178 e. The Hall–Kier alpha value is -4.74. The lowest BCUT2D eigenvalue weighted by atomic mass is 9.52. The van der Waals surface area contributed by atoms with Gasteiger partial charge in [0, 0.05) is 46.3 Å². The lowest BCUT2D eigenvalue weighted by Crippen LogP contribution is -2.44. The fourth-order valence-corrected chi connectivity index (χ4v) is 10.8. The van der Waals surface area contributed by atoms with Gasteiger partial charge in [-0.2, -0.15) is 0 Å². The monoisotopic (exact) mass is 691 g/mol. The fourth-order valence-electron chi connectivity index (χ4n) is 10.8. The standard InChI is InChI=1S/C47H49NO4/c1-44(2)28-45(3,4)30-46(29-44)40-10-8-7-9-37(40)41-36-20-19-35(50-6)27-39(36)43-38(42(41)46)21-22-47(52-43,32-13-17-34(49-5)18-14-32)31-11-15-33(16-12-31)48-23-25-51-26-24-48/h7-22,27H,23-26,28-30H2,1-6H3. The van der Waals surface area contributed by atoms with Gasteiger partial charge in [0.25, 0.3) is 0 Å². The molecule has 5 nitrogen and oxygen atoms in total. The predicted molar refractivity (Wildman–Crippen MR) is 211 cm³/mol. The maximum Gasteiger partial charge on any atom is 0.178 e. The van der Waals surface area contributed by atoms with Gasteiger partial charge in [-0.1, -0.05) is 82.3 Å². The highest BCUT2D eigenvalue weighted by atomic mass is 16.5. The maximum absolute atomic E-state index is 7.71. The zero-order valence-electron chi connectivity index (χ0n) is 31.3. The summed E-state index contributed by atoms with van der Waals surface area (Å²) < 4.78 is 24.8. The topological polar surface area (TPSA) is 40.2 Å². The Morgan fingerprint density at radius 1 is 0.673 bits per heavy atom. The molecular formula is C47H49NO4. The molecule has 0 amide bonds. The second-order valence-corrected chi connectivity index (χ2v) is 16.9. The number of hydrogen-bond acceptors (Lipinski definition) is 5. The average Bonchev–Trinajstić information content (AvgIpc) is 3.42. The van der Waals surface area contributed by atoms with Crippen molar-refractivity contribution in [2.75, 3.05) is 45.4 Å². The van der Waals surface area contributed by atoms with Crippen LogP contribution in [0.4, 0.5) is 5.69 Å². The van der Waals surface area contributed by atoms with Gasteiger partial charge in [0.2, 0.25) is 0 Å². The summed E-state index contributed by atoms with van der Waals surface area (Å²) in [6.45, 7) is 13.2. The number of anilines is 1. The van der Waals surface area contributed by atoms with Crippen molar-refractivity contribution in [3.8, 4) is 28.4 Å². The summed E-state index contributed by atoms with van der Waals surface area (Å²) in [5.41, 5.74) is 9.37. The first-order chi connectivity index (χ1) is 25.1. The molecule has 1 spiro atoms. The van der Waals surface area contributed by atoms with Crippen LogP contribution in [0.15, 0.2) is 97.1 Å². The molecular weight excluding hydrogens is 643 g/mol. The molecule has 5 aromatic carbocycles. The number of benzene rings is 5. The summed E-state index contributed by atoms with van der Waals surface area (Å²) in [5.74, 6) is 2.55. The van der Waals surface area contributed by atoms with Gasteiger partial charge in [-0.25, -0.2) is 0 Å². The Kier molecular flexibility index (Phi) is 7.58. The summed E-state index contributed by atoms with van der Waals surface area (Å²) in [5, 5.41) is 2.28. The van der Waals surface area contributed by atoms with Crippen molar-refractivity contribution in [2.24, 2.45) is 10.8 Å². The normalized spacial score (nSPS) is 22.0. The second kappa shape index (κ2) is 11.9. The Balaban J connectivity index is 1.31. The molecule has 1 saturated heterocycles. The van der Waals surface area contributed by atoms with Gasteiger partial charge >= 0.3 is 0 Å². The molecule has 0 aromatic heterocycles. The van der Waals surface area contributed by atoms with Crippen LogP contribution in [0.5, 0.6) is 17.2 Å². The van der Waals surface area contributed by atoms with E-state index in [4.69, 9.17) is 18.9 Å². The molecule has 2 fully saturated rings. The minimum Gasteiger partial charge on any atom is -0.497 e. The first-order valence-electron chi connectivity index (χ1n) is 18.8. The van der Waals surface area contributed by atoms with E-state index < -0.39 is 5.60 Å². The van der Waals surface area contributed by atoms with Crippen LogP contribution < -0.4 is 19.1 Å². The Bertz CT molecular complexity index is 2190. The Labute approximate surface area is 308 Å². The van der Waals surface area contributed by atoms with E-state index >= 15 is 0 Å². The van der Waals surface area contributed by atoms with Gasteiger partial charge in [-0.15, -0.1) is 0 Å². The van der Waals surface area contributed by atoms with Crippen molar-refractivity contribution in [3.63, 3.8) is 0 Å². The third-order valence-corrected chi connectivity index (χ3v) is 12.2. The van der Waals surface area contributed by atoms with Crippen molar-refractivity contribution >= 4 is 22.5 Å². The van der Waals surface area contributed by atoms with E-state index in [1.165, 1.54) is 45.3 Å². The third kappa shape index (κ3) is 5.07. The second-order valence-electron chi connectivity index (χ2n) is 16.9. The largest absolute Gasteiger partial charge is 0.497 e. The van der Waals surface area contributed by atoms with E-state index in [-0.39, 0.29) is 16.2 Å². The molecule has 2 heterocycles. The van der Waals surface area contributed by atoms with E-state index in [1.54, 1.807) is 14.2 Å². The molecule has 0 bridgehead atoms. The minimum absolute atomic E-state index is 0.150. The van der Waals surface area contributed by atoms with Gasteiger partial charge in [-0.3, -0.25) is 0 Å². The summed E-state index contributed by atoms with van der Waals surface area (Å²) in [4.78, 5) is 2.40. The third-order valence-electron chi connectivity index (χ3n) is 12.2. The number of morpholine rings is 1. The molecule has 0 N–H and O–H groups in total. The first-order valence-corrected chi connectivity index (χ1v) is 18.8. The Morgan fingerprint density at radius 2 is 1.31 bits per heavy atom. The number of fused-ring (bicyclic) bond motifs is 10. The van der Waals surface area contributed by atoms with Gasteiger partial charge in [0.05, 0.1) is 27.4 Å². The minimum atomic E-state index is -0.878. The van der Waals surface area contributed by atoms with Gasteiger partial charge < -0.3 is 23.8 Å². The number of rotatable bonds is 5.